The molecule has 0 saturated carbocycles. The third-order valence-electron chi connectivity index (χ3n) is 4.17. The van der Waals surface area contributed by atoms with Crippen molar-refractivity contribution < 1.29 is 23.7 Å². The largest absolute Gasteiger partial charge is 0.476 e. The standard InChI is InChI=1S/C19H26O5S/c1-5-11-19(13-22-12-15-9-7-6-8-10-15)17(20-3)16(23-14(2)25)18(21-4)24-19/h5-10,16-18H,1,11-13H2,2-4H3/t16-,17+,18-,19-/m1/s1. The minimum absolute atomic E-state index is 0.322. The Balaban J connectivity index is 2.14. The fourth-order valence-corrected chi connectivity index (χ4v) is 3.26. The van der Waals surface area contributed by atoms with Crippen molar-refractivity contribution >= 4 is 17.3 Å². The lowest BCUT2D eigenvalue weighted by Gasteiger charge is -2.33. The molecule has 138 valence electrons. The summed E-state index contributed by atoms with van der Waals surface area (Å²) in [5.41, 5.74) is 0.343. The van der Waals surface area contributed by atoms with E-state index in [0.29, 0.717) is 24.7 Å². The molecule has 0 spiro atoms. The Bertz CT molecular complexity index is 564. The van der Waals surface area contributed by atoms with E-state index in [9.17, 15) is 0 Å². The van der Waals surface area contributed by atoms with E-state index in [1.54, 1.807) is 27.2 Å². The van der Waals surface area contributed by atoms with Crippen molar-refractivity contribution in [3.8, 4) is 0 Å². The van der Waals surface area contributed by atoms with Crippen LogP contribution in [0.3, 0.4) is 0 Å². The van der Waals surface area contributed by atoms with Gasteiger partial charge < -0.3 is 23.7 Å². The van der Waals surface area contributed by atoms with E-state index in [-0.39, 0.29) is 0 Å². The number of methoxy groups -OCH3 is 2. The van der Waals surface area contributed by atoms with E-state index in [4.69, 9.17) is 35.9 Å². The minimum atomic E-state index is -0.749. The maximum atomic E-state index is 6.17. The highest BCUT2D eigenvalue weighted by Crippen LogP contribution is 2.39. The first-order valence-corrected chi connectivity index (χ1v) is 8.60. The van der Waals surface area contributed by atoms with Gasteiger partial charge in [-0.2, -0.15) is 0 Å². The van der Waals surface area contributed by atoms with Gasteiger partial charge in [-0.3, -0.25) is 0 Å². The van der Waals surface area contributed by atoms with Crippen LogP contribution in [0.1, 0.15) is 18.9 Å². The van der Waals surface area contributed by atoms with Gasteiger partial charge in [-0.25, -0.2) is 0 Å². The molecule has 0 bridgehead atoms. The predicted molar refractivity (Wildman–Crippen MR) is 99.5 cm³/mol. The maximum Gasteiger partial charge on any atom is 0.198 e. The molecule has 0 radical (unpaired) electrons. The third kappa shape index (κ3) is 4.86. The van der Waals surface area contributed by atoms with Gasteiger partial charge in [0.1, 0.15) is 11.7 Å². The summed E-state index contributed by atoms with van der Waals surface area (Å²) in [7, 11) is 3.19. The number of benzene rings is 1. The number of rotatable bonds is 9. The van der Waals surface area contributed by atoms with E-state index in [0.717, 1.165) is 5.56 Å². The first-order chi connectivity index (χ1) is 12.1. The summed E-state index contributed by atoms with van der Waals surface area (Å²) in [6.45, 7) is 6.36. The van der Waals surface area contributed by atoms with Crippen molar-refractivity contribution in [3.63, 3.8) is 0 Å². The minimum Gasteiger partial charge on any atom is -0.476 e. The van der Waals surface area contributed by atoms with E-state index >= 15 is 0 Å². The highest BCUT2D eigenvalue weighted by Gasteiger charge is 2.57. The van der Waals surface area contributed by atoms with Crippen LogP contribution >= 0.6 is 12.2 Å². The van der Waals surface area contributed by atoms with Crippen molar-refractivity contribution in [1.29, 1.82) is 0 Å². The van der Waals surface area contributed by atoms with Crippen LogP contribution in [0.15, 0.2) is 43.0 Å². The first kappa shape index (κ1) is 20.0. The molecule has 1 aromatic carbocycles. The lowest BCUT2D eigenvalue weighted by molar-refractivity contribution is -0.193. The highest BCUT2D eigenvalue weighted by molar-refractivity contribution is 7.80. The molecular formula is C19H26O5S. The van der Waals surface area contributed by atoms with Gasteiger partial charge in [0.05, 0.1) is 13.2 Å². The number of hydrogen-bond acceptors (Lipinski definition) is 6. The Hall–Kier alpha value is -1.31. The van der Waals surface area contributed by atoms with E-state index < -0.39 is 24.1 Å². The lowest BCUT2D eigenvalue weighted by atomic mass is 9.92. The zero-order chi connectivity index (χ0) is 18.3. The Morgan fingerprint density at radius 2 is 2.00 bits per heavy atom. The van der Waals surface area contributed by atoms with Crippen LogP contribution in [0.4, 0.5) is 0 Å². The Labute approximate surface area is 154 Å². The Morgan fingerprint density at radius 1 is 1.28 bits per heavy atom. The first-order valence-electron chi connectivity index (χ1n) is 8.19. The molecule has 1 fully saturated rings. The van der Waals surface area contributed by atoms with Crippen LogP contribution < -0.4 is 0 Å². The lowest BCUT2D eigenvalue weighted by Crippen LogP contribution is -2.48. The molecule has 1 aromatic rings. The highest BCUT2D eigenvalue weighted by atomic mass is 32.1. The smallest absolute Gasteiger partial charge is 0.198 e. The third-order valence-corrected chi connectivity index (χ3v) is 4.27. The molecule has 0 unspecified atom stereocenters. The second kappa shape index (κ2) is 9.40. The van der Waals surface area contributed by atoms with Crippen molar-refractivity contribution in [2.75, 3.05) is 20.8 Å². The van der Waals surface area contributed by atoms with Crippen LogP contribution in [0.2, 0.25) is 0 Å². The van der Waals surface area contributed by atoms with Crippen molar-refractivity contribution in [1.82, 2.24) is 0 Å². The molecular weight excluding hydrogens is 340 g/mol. The summed E-state index contributed by atoms with van der Waals surface area (Å²) in [4.78, 5) is 0. The molecule has 1 aliphatic rings. The van der Waals surface area contributed by atoms with Gasteiger partial charge in [-0.15, -0.1) is 6.58 Å². The van der Waals surface area contributed by atoms with Crippen LogP contribution in [0, 0.1) is 0 Å². The van der Waals surface area contributed by atoms with E-state index in [2.05, 4.69) is 6.58 Å². The summed E-state index contributed by atoms with van der Waals surface area (Å²) in [6, 6.07) is 9.97. The summed E-state index contributed by atoms with van der Waals surface area (Å²) in [6.07, 6.45) is 0.869. The second-order valence-electron chi connectivity index (χ2n) is 5.99. The molecule has 25 heavy (non-hydrogen) atoms. The second-order valence-corrected chi connectivity index (χ2v) is 6.56. The molecule has 6 heteroatoms. The van der Waals surface area contributed by atoms with Gasteiger partial charge in [0, 0.05) is 21.1 Å². The van der Waals surface area contributed by atoms with Gasteiger partial charge in [0.15, 0.2) is 17.4 Å². The van der Waals surface area contributed by atoms with Crippen LogP contribution in [-0.2, 0) is 30.3 Å². The van der Waals surface area contributed by atoms with Gasteiger partial charge >= 0.3 is 0 Å². The fraction of sp³-hybridized carbons (Fsp3) is 0.526. The summed E-state index contributed by atoms with van der Waals surface area (Å²) < 4.78 is 29.0. The molecule has 0 aliphatic carbocycles. The molecule has 1 heterocycles. The van der Waals surface area contributed by atoms with Crippen molar-refractivity contribution in [3.05, 3.63) is 48.6 Å². The number of thiocarbonyl (C=S) groups is 1. The average molecular weight is 366 g/mol. The van der Waals surface area contributed by atoms with Crippen LogP contribution in [0.5, 0.6) is 0 Å². The molecule has 0 amide bonds. The molecule has 0 N–H and O–H groups in total. The van der Waals surface area contributed by atoms with Gasteiger partial charge in [-0.05, 0) is 24.2 Å². The maximum absolute atomic E-state index is 6.17. The summed E-state index contributed by atoms with van der Waals surface area (Å²) in [5, 5.41) is 0.414. The van der Waals surface area contributed by atoms with Gasteiger partial charge in [0.2, 0.25) is 0 Å². The quantitative estimate of drug-likeness (QED) is 0.494. The molecule has 0 aromatic heterocycles. The molecule has 2 rings (SSSR count). The molecule has 5 nitrogen and oxygen atoms in total. The Kier molecular flexibility index (Phi) is 7.53. The van der Waals surface area contributed by atoms with Gasteiger partial charge in [0.25, 0.3) is 0 Å². The SMILES string of the molecule is C=CC[C@]1(COCc2ccccc2)O[C@@H](OC)[C@H](OC(C)=S)[C@@H]1OC. The predicted octanol–water partition coefficient (Wildman–Crippen LogP) is 3.27. The molecule has 4 atom stereocenters. The topological polar surface area (TPSA) is 46.2 Å². The van der Waals surface area contributed by atoms with Gasteiger partial charge in [-0.1, -0.05) is 36.4 Å². The van der Waals surface area contributed by atoms with E-state index in [1.165, 1.54) is 0 Å². The number of hydrogen-bond donors (Lipinski definition) is 0. The zero-order valence-electron chi connectivity index (χ0n) is 15.0. The monoisotopic (exact) mass is 366 g/mol. The van der Waals surface area contributed by atoms with E-state index in [1.807, 2.05) is 30.3 Å². The van der Waals surface area contributed by atoms with Crippen LogP contribution in [0.25, 0.3) is 0 Å². The number of ether oxygens (including phenoxy) is 5. The zero-order valence-corrected chi connectivity index (χ0v) is 15.8. The Morgan fingerprint density at radius 3 is 2.56 bits per heavy atom. The molecule has 1 aliphatic heterocycles. The average Bonchev–Trinajstić information content (AvgIpc) is 2.88. The van der Waals surface area contributed by atoms with Crippen molar-refractivity contribution in [2.45, 2.75) is 44.1 Å². The molecule has 1 saturated heterocycles. The van der Waals surface area contributed by atoms with Crippen molar-refractivity contribution in [2.24, 2.45) is 0 Å². The van der Waals surface area contributed by atoms with Crippen LogP contribution in [-0.4, -0.2) is 50.0 Å². The summed E-state index contributed by atoms with van der Waals surface area (Å²) >= 11 is 5.08. The summed E-state index contributed by atoms with van der Waals surface area (Å²) in [5.74, 6) is 0. The normalized spacial score (nSPS) is 28.7. The fourth-order valence-electron chi connectivity index (χ4n) is 3.15.